The number of nitrogens with one attached hydrogen (secondary N) is 1. The number of anilines is 2. The lowest BCUT2D eigenvalue weighted by Crippen LogP contribution is -2.20. The molecule has 0 spiro atoms. The molecule has 0 aliphatic heterocycles. The summed E-state index contributed by atoms with van der Waals surface area (Å²) in [5.41, 5.74) is 7.82. The van der Waals surface area contributed by atoms with Crippen LogP contribution in [0.5, 0.6) is 5.75 Å². The second-order valence-corrected chi connectivity index (χ2v) is 5.29. The van der Waals surface area contributed by atoms with E-state index >= 15 is 0 Å². The minimum absolute atomic E-state index is 0.174. The van der Waals surface area contributed by atoms with Crippen molar-refractivity contribution in [2.24, 2.45) is 0 Å². The molecule has 0 heterocycles. The molecule has 2 aromatic rings. The lowest BCUT2D eigenvalue weighted by Gasteiger charge is -2.11. The van der Waals surface area contributed by atoms with Gasteiger partial charge in [0.2, 0.25) is 0 Å². The molecule has 1 amide bonds. The van der Waals surface area contributed by atoms with Crippen molar-refractivity contribution in [3.63, 3.8) is 0 Å². The van der Waals surface area contributed by atoms with Crippen molar-refractivity contribution in [2.45, 2.75) is 6.92 Å². The van der Waals surface area contributed by atoms with Gasteiger partial charge in [0.25, 0.3) is 5.91 Å². The zero-order valence-corrected chi connectivity index (χ0v) is 12.9. The third kappa shape index (κ3) is 3.95. The molecule has 0 saturated carbocycles. The van der Waals surface area contributed by atoms with Crippen molar-refractivity contribution in [1.82, 2.24) is 0 Å². The summed E-state index contributed by atoms with van der Waals surface area (Å²) in [6.45, 7) is 1.65. The summed E-state index contributed by atoms with van der Waals surface area (Å²) in [5.74, 6) is -0.297. The van der Waals surface area contributed by atoms with Gasteiger partial charge < -0.3 is 15.8 Å². The number of carbonyl (C=O) groups is 1. The average Bonchev–Trinajstić information content (AvgIpc) is 2.45. The highest BCUT2D eigenvalue weighted by Crippen LogP contribution is 2.22. The summed E-state index contributed by atoms with van der Waals surface area (Å²) < 4.78 is 18.7. The Kier molecular flexibility index (Phi) is 4.80. The Morgan fingerprint density at radius 3 is 2.86 bits per heavy atom. The van der Waals surface area contributed by atoms with Crippen LogP contribution in [0.25, 0.3) is 0 Å². The lowest BCUT2D eigenvalue weighted by molar-refractivity contribution is -0.118. The minimum atomic E-state index is -0.387. The SMILES string of the molecule is Cc1c(N)cccc1NC(=O)COc1ccc(F)c(Br)c1. The highest BCUT2D eigenvalue weighted by atomic mass is 79.9. The molecule has 2 aromatic carbocycles. The van der Waals surface area contributed by atoms with Gasteiger partial charge in [0.15, 0.2) is 6.61 Å². The number of benzene rings is 2. The van der Waals surface area contributed by atoms with Crippen molar-refractivity contribution >= 4 is 33.2 Å². The topological polar surface area (TPSA) is 64.3 Å². The average molecular weight is 353 g/mol. The molecule has 0 aliphatic rings. The molecule has 2 rings (SSSR count). The van der Waals surface area contributed by atoms with E-state index in [1.807, 2.05) is 6.92 Å². The van der Waals surface area contributed by atoms with E-state index in [0.29, 0.717) is 17.1 Å². The fraction of sp³-hybridized carbons (Fsp3) is 0.133. The molecule has 6 heteroatoms. The Balaban J connectivity index is 1.96. The molecule has 4 nitrogen and oxygen atoms in total. The molecule has 110 valence electrons. The smallest absolute Gasteiger partial charge is 0.262 e. The van der Waals surface area contributed by atoms with Gasteiger partial charge in [-0.25, -0.2) is 4.39 Å². The molecule has 0 atom stereocenters. The molecule has 0 radical (unpaired) electrons. The molecule has 0 fully saturated rings. The van der Waals surface area contributed by atoms with E-state index in [1.165, 1.54) is 18.2 Å². The Morgan fingerprint density at radius 2 is 2.14 bits per heavy atom. The summed E-state index contributed by atoms with van der Waals surface area (Å²) in [6.07, 6.45) is 0. The highest BCUT2D eigenvalue weighted by molar-refractivity contribution is 9.10. The summed E-state index contributed by atoms with van der Waals surface area (Å²) >= 11 is 3.05. The number of amides is 1. The zero-order valence-electron chi connectivity index (χ0n) is 11.3. The molecule has 0 aromatic heterocycles. The molecule has 0 aliphatic carbocycles. The fourth-order valence-corrected chi connectivity index (χ4v) is 2.05. The first-order chi connectivity index (χ1) is 9.97. The third-order valence-corrected chi connectivity index (χ3v) is 3.52. The number of carbonyl (C=O) groups excluding carboxylic acids is 1. The first-order valence-corrected chi connectivity index (χ1v) is 6.99. The van der Waals surface area contributed by atoms with Gasteiger partial charge in [-0.1, -0.05) is 6.07 Å². The van der Waals surface area contributed by atoms with Crippen LogP contribution in [0.3, 0.4) is 0 Å². The van der Waals surface area contributed by atoms with Gasteiger partial charge in [-0.15, -0.1) is 0 Å². The van der Waals surface area contributed by atoms with Crippen LogP contribution in [0.2, 0.25) is 0 Å². The van der Waals surface area contributed by atoms with Crippen LogP contribution in [0.1, 0.15) is 5.56 Å². The van der Waals surface area contributed by atoms with Crippen molar-refractivity contribution in [3.05, 3.63) is 52.3 Å². The monoisotopic (exact) mass is 352 g/mol. The molecular formula is C15H14BrFN2O2. The Hall–Kier alpha value is -2.08. The van der Waals surface area contributed by atoms with Gasteiger partial charge in [0.05, 0.1) is 4.47 Å². The summed E-state index contributed by atoms with van der Waals surface area (Å²) in [4.78, 5) is 11.8. The van der Waals surface area contributed by atoms with Crippen LogP contribution in [0.15, 0.2) is 40.9 Å². The van der Waals surface area contributed by atoms with Gasteiger partial charge in [-0.3, -0.25) is 4.79 Å². The second kappa shape index (κ2) is 6.58. The van der Waals surface area contributed by atoms with E-state index in [4.69, 9.17) is 10.5 Å². The number of nitrogen functional groups attached to an aromatic ring is 1. The van der Waals surface area contributed by atoms with Gasteiger partial charge in [0, 0.05) is 11.4 Å². The number of hydrogen-bond acceptors (Lipinski definition) is 3. The van der Waals surface area contributed by atoms with Crippen LogP contribution < -0.4 is 15.8 Å². The van der Waals surface area contributed by atoms with E-state index < -0.39 is 0 Å². The largest absolute Gasteiger partial charge is 0.484 e. The third-order valence-electron chi connectivity index (χ3n) is 2.91. The number of ether oxygens (including phenoxy) is 1. The Labute approximate surface area is 130 Å². The molecule has 0 unspecified atom stereocenters. The maximum atomic E-state index is 13.1. The molecule has 0 saturated heterocycles. The minimum Gasteiger partial charge on any atom is -0.484 e. The molecule has 0 bridgehead atoms. The van der Waals surface area contributed by atoms with Crippen LogP contribution >= 0.6 is 15.9 Å². The van der Waals surface area contributed by atoms with Crippen LogP contribution in [0, 0.1) is 12.7 Å². The van der Waals surface area contributed by atoms with Gasteiger partial charge in [-0.2, -0.15) is 0 Å². The van der Waals surface area contributed by atoms with Crippen LogP contribution in [-0.2, 0) is 4.79 Å². The summed E-state index contributed by atoms with van der Waals surface area (Å²) in [7, 11) is 0. The highest BCUT2D eigenvalue weighted by Gasteiger charge is 2.08. The van der Waals surface area contributed by atoms with Crippen LogP contribution in [0.4, 0.5) is 15.8 Å². The number of nitrogens with two attached hydrogens (primary N) is 1. The van der Waals surface area contributed by atoms with Crippen molar-refractivity contribution in [3.8, 4) is 5.75 Å². The first kappa shape index (κ1) is 15.3. The van der Waals surface area contributed by atoms with E-state index in [9.17, 15) is 9.18 Å². The van der Waals surface area contributed by atoms with Crippen molar-refractivity contribution < 1.29 is 13.9 Å². The predicted molar refractivity (Wildman–Crippen MR) is 83.8 cm³/mol. The van der Waals surface area contributed by atoms with E-state index in [1.54, 1.807) is 18.2 Å². The lowest BCUT2D eigenvalue weighted by atomic mass is 10.1. The quantitative estimate of drug-likeness (QED) is 0.827. The van der Waals surface area contributed by atoms with E-state index in [-0.39, 0.29) is 22.8 Å². The molecular weight excluding hydrogens is 339 g/mol. The second-order valence-electron chi connectivity index (χ2n) is 4.43. The summed E-state index contributed by atoms with van der Waals surface area (Å²) in [6, 6.07) is 9.47. The Morgan fingerprint density at radius 1 is 1.38 bits per heavy atom. The number of hydrogen-bond donors (Lipinski definition) is 2. The Bertz CT molecular complexity index is 677. The number of rotatable bonds is 4. The fourth-order valence-electron chi connectivity index (χ4n) is 1.69. The first-order valence-electron chi connectivity index (χ1n) is 6.20. The maximum absolute atomic E-state index is 13.1. The number of halogens is 2. The predicted octanol–water partition coefficient (Wildman–Crippen LogP) is 3.50. The van der Waals surface area contributed by atoms with E-state index in [0.717, 1.165) is 5.56 Å². The van der Waals surface area contributed by atoms with Crippen LogP contribution in [-0.4, -0.2) is 12.5 Å². The van der Waals surface area contributed by atoms with Gasteiger partial charge >= 0.3 is 0 Å². The standard InChI is InChI=1S/C15H14BrFN2O2/c1-9-13(18)3-2-4-14(9)19-15(20)8-21-10-5-6-12(17)11(16)7-10/h2-7H,8,18H2,1H3,(H,19,20). The van der Waals surface area contributed by atoms with Crippen molar-refractivity contribution in [1.29, 1.82) is 0 Å². The maximum Gasteiger partial charge on any atom is 0.262 e. The van der Waals surface area contributed by atoms with Gasteiger partial charge in [-0.05, 0) is 58.7 Å². The molecule has 3 N–H and O–H groups in total. The normalized spacial score (nSPS) is 10.2. The van der Waals surface area contributed by atoms with Crippen molar-refractivity contribution in [2.75, 3.05) is 17.7 Å². The summed E-state index contributed by atoms with van der Waals surface area (Å²) in [5, 5.41) is 2.72. The molecule has 21 heavy (non-hydrogen) atoms. The zero-order chi connectivity index (χ0) is 15.4. The van der Waals surface area contributed by atoms with Gasteiger partial charge in [0.1, 0.15) is 11.6 Å². The van der Waals surface area contributed by atoms with E-state index in [2.05, 4.69) is 21.2 Å².